The predicted molar refractivity (Wildman–Crippen MR) is 51.9 cm³/mol. The van der Waals surface area contributed by atoms with Gasteiger partial charge in [0.25, 0.3) is 0 Å². The van der Waals surface area contributed by atoms with E-state index in [1.165, 1.54) is 0 Å². The molecular formula is C10H13N3O. The van der Waals surface area contributed by atoms with Crippen molar-refractivity contribution in [2.45, 2.75) is 25.1 Å². The molecule has 0 amide bonds. The van der Waals surface area contributed by atoms with Crippen LogP contribution in [0.15, 0.2) is 23.6 Å². The molecule has 0 saturated heterocycles. The zero-order chi connectivity index (χ0) is 9.97. The number of dihydropyridines is 1. The lowest BCUT2D eigenvalue weighted by atomic mass is 10.2. The molecule has 2 rings (SSSR count). The SMILES string of the molecule is CNC1C=C(OC2CC2)C=C(C#N)N1. The molecule has 74 valence electrons. The third-order valence-electron chi connectivity index (χ3n) is 2.19. The normalized spacial score (nSPS) is 25.6. The minimum atomic E-state index is -0.0107. The van der Waals surface area contributed by atoms with Crippen molar-refractivity contribution in [1.82, 2.24) is 10.6 Å². The van der Waals surface area contributed by atoms with Gasteiger partial charge in [-0.05, 0) is 26.0 Å². The van der Waals surface area contributed by atoms with E-state index >= 15 is 0 Å². The second kappa shape index (κ2) is 3.72. The highest BCUT2D eigenvalue weighted by Crippen LogP contribution is 2.27. The standard InChI is InChI=1S/C10H13N3O/c1-12-10-5-9(14-8-2-3-8)4-7(6-11)13-10/h4-5,8,10,12-13H,2-3H2,1H3. The number of nitriles is 1. The Hall–Kier alpha value is -1.47. The van der Waals surface area contributed by atoms with E-state index in [0.29, 0.717) is 11.8 Å². The summed E-state index contributed by atoms with van der Waals surface area (Å²) in [5.74, 6) is 0.794. The van der Waals surface area contributed by atoms with Gasteiger partial charge in [0.2, 0.25) is 0 Å². The molecule has 0 aromatic carbocycles. The van der Waals surface area contributed by atoms with Crippen molar-refractivity contribution < 1.29 is 4.74 Å². The lowest BCUT2D eigenvalue weighted by Gasteiger charge is -2.20. The summed E-state index contributed by atoms with van der Waals surface area (Å²) in [4.78, 5) is 0. The first-order chi connectivity index (χ1) is 6.81. The van der Waals surface area contributed by atoms with E-state index in [-0.39, 0.29) is 6.17 Å². The van der Waals surface area contributed by atoms with Crippen molar-refractivity contribution in [3.63, 3.8) is 0 Å². The number of hydrogen-bond acceptors (Lipinski definition) is 4. The zero-order valence-corrected chi connectivity index (χ0v) is 8.08. The van der Waals surface area contributed by atoms with Crippen LogP contribution in [0, 0.1) is 11.3 Å². The topological polar surface area (TPSA) is 57.1 Å². The fraction of sp³-hybridized carbons (Fsp3) is 0.500. The third-order valence-corrected chi connectivity index (χ3v) is 2.19. The van der Waals surface area contributed by atoms with Gasteiger partial charge >= 0.3 is 0 Å². The Balaban J connectivity index is 2.07. The van der Waals surface area contributed by atoms with Crippen molar-refractivity contribution in [2.75, 3.05) is 7.05 Å². The molecule has 14 heavy (non-hydrogen) atoms. The number of hydrogen-bond donors (Lipinski definition) is 2. The van der Waals surface area contributed by atoms with E-state index < -0.39 is 0 Å². The summed E-state index contributed by atoms with van der Waals surface area (Å²) < 4.78 is 5.62. The summed E-state index contributed by atoms with van der Waals surface area (Å²) >= 11 is 0. The number of rotatable bonds is 3. The first kappa shape index (κ1) is 9.10. The minimum Gasteiger partial charge on any atom is -0.491 e. The molecule has 0 bridgehead atoms. The van der Waals surface area contributed by atoms with E-state index in [0.717, 1.165) is 18.6 Å². The highest BCUT2D eigenvalue weighted by molar-refractivity contribution is 5.33. The van der Waals surface area contributed by atoms with Crippen LogP contribution in [-0.2, 0) is 4.74 Å². The highest BCUT2D eigenvalue weighted by atomic mass is 16.5. The highest BCUT2D eigenvalue weighted by Gasteiger charge is 2.25. The van der Waals surface area contributed by atoms with Gasteiger partial charge in [-0.2, -0.15) is 5.26 Å². The monoisotopic (exact) mass is 191 g/mol. The molecule has 1 aliphatic heterocycles. The molecule has 4 heteroatoms. The summed E-state index contributed by atoms with van der Waals surface area (Å²) in [6.45, 7) is 0. The van der Waals surface area contributed by atoms with Crippen LogP contribution in [-0.4, -0.2) is 19.3 Å². The molecule has 1 fully saturated rings. The summed E-state index contributed by atoms with van der Waals surface area (Å²) in [5, 5.41) is 14.8. The van der Waals surface area contributed by atoms with Gasteiger partial charge in [0, 0.05) is 6.08 Å². The van der Waals surface area contributed by atoms with Gasteiger partial charge in [0.15, 0.2) is 0 Å². The number of allylic oxidation sites excluding steroid dienone is 2. The van der Waals surface area contributed by atoms with Gasteiger partial charge in [-0.25, -0.2) is 0 Å². The molecule has 2 N–H and O–H groups in total. The predicted octanol–water partition coefficient (Wildman–Crippen LogP) is 0.605. The molecule has 1 heterocycles. The van der Waals surface area contributed by atoms with Gasteiger partial charge in [-0.1, -0.05) is 0 Å². The fourth-order valence-electron chi connectivity index (χ4n) is 1.28. The van der Waals surface area contributed by atoms with Crippen molar-refractivity contribution in [3.05, 3.63) is 23.6 Å². The molecule has 1 atom stereocenters. The maximum atomic E-state index is 8.78. The van der Waals surface area contributed by atoms with Crippen LogP contribution < -0.4 is 10.6 Å². The number of nitrogens with zero attached hydrogens (tertiary/aromatic N) is 1. The van der Waals surface area contributed by atoms with Crippen LogP contribution in [0.1, 0.15) is 12.8 Å². The second-order valence-electron chi connectivity index (χ2n) is 3.47. The molecule has 0 aromatic rings. The Bertz CT molecular complexity index is 323. The molecule has 0 spiro atoms. The maximum Gasteiger partial charge on any atom is 0.121 e. The largest absolute Gasteiger partial charge is 0.491 e. The van der Waals surface area contributed by atoms with Gasteiger partial charge in [0.1, 0.15) is 23.7 Å². The second-order valence-corrected chi connectivity index (χ2v) is 3.47. The van der Waals surface area contributed by atoms with Crippen LogP contribution in [0.3, 0.4) is 0 Å². The van der Waals surface area contributed by atoms with Crippen LogP contribution in [0.5, 0.6) is 0 Å². The van der Waals surface area contributed by atoms with Gasteiger partial charge in [0.05, 0.1) is 6.10 Å². The van der Waals surface area contributed by atoms with Gasteiger partial charge < -0.3 is 10.1 Å². The van der Waals surface area contributed by atoms with E-state index in [2.05, 4.69) is 16.7 Å². The van der Waals surface area contributed by atoms with Crippen LogP contribution in [0.25, 0.3) is 0 Å². The van der Waals surface area contributed by atoms with Crippen LogP contribution in [0.2, 0.25) is 0 Å². The van der Waals surface area contributed by atoms with Gasteiger partial charge in [-0.15, -0.1) is 0 Å². The quantitative estimate of drug-likeness (QED) is 0.686. The van der Waals surface area contributed by atoms with Gasteiger partial charge in [-0.3, -0.25) is 5.32 Å². The fourth-order valence-corrected chi connectivity index (χ4v) is 1.28. The smallest absolute Gasteiger partial charge is 0.121 e. The molecule has 1 saturated carbocycles. The molecule has 0 aromatic heterocycles. The first-order valence-corrected chi connectivity index (χ1v) is 4.76. The molecule has 1 aliphatic carbocycles. The van der Waals surface area contributed by atoms with Crippen molar-refractivity contribution in [1.29, 1.82) is 5.26 Å². The summed E-state index contributed by atoms with van der Waals surface area (Å²) in [6.07, 6.45) is 6.30. The molecule has 1 unspecified atom stereocenters. The third kappa shape index (κ3) is 2.06. The first-order valence-electron chi connectivity index (χ1n) is 4.76. The minimum absolute atomic E-state index is 0.0107. The Morgan fingerprint density at radius 1 is 1.64 bits per heavy atom. The average molecular weight is 191 g/mol. The maximum absolute atomic E-state index is 8.78. The lowest BCUT2D eigenvalue weighted by molar-refractivity contribution is 0.204. The molecule has 2 aliphatic rings. The average Bonchev–Trinajstić information content (AvgIpc) is 3.01. The van der Waals surface area contributed by atoms with Crippen molar-refractivity contribution >= 4 is 0 Å². The number of ether oxygens (including phenoxy) is 1. The summed E-state index contributed by atoms with van der Waals surface area (Å²) in [6, 6.07) is 2.08. The van der Waals surface area contributed by atoms with E-state index in [4.69, 9.17) is 10.00 Å². The van der Waals surface area contributed by atoms with Crippen LogP contribution >= 0.6 is 0 Å². The summed E-state index contributed by atoms with van der Waals surface area (Å²) in [5.41, 5.74) is 0.544. The Morgan fingerprint density at radius 3 is 3.00 bits per heavy atom. The lowest BCUT2D eigenvalue weighted by Crippen LogP contribution is -2.39. The Morgan fingerprint density at radius 2 is 2.43 bits per heavy atom. The van der Waals surface area contributed by atoms with Crippen LogP contribution in [0.4, 0.5) is 0 Å². The number of likely N-dealkylation sites (N-methyl/N-ethyl adjacent to an activating group) is 1. The number of nitrogens with one attached hydrogen (secondary N) is 2. The molecule has 0 radical (unpaired) electrons. The Kier molecular flexibility index (Phi) is 2.42. The van der Waals surface area contributed by atoms with E-state index in [9.17, 15) is 0 Å². The van der Waals surface area contributed by atoms with E-state index in [1.54, 1.807) is 6.08 Å². The molecule has 4 nitrogen and oxygen atoms in total. The molecular weight excluding hydrogens is 178 g/mol. The Labute approximate surface area is 83.2 Å². The zero-order valence-electron chi connectivity index (χ0n) is 8.08. The van der Waals surface area contributed by atoms with E-state index in [1.807, 2.05) is 13.1 Å². The van der Waals surface area contributed by atoms with Crippen molar-refractivity contribution in [3.8, 4) is 6.07 Å². The van der Waals surface area contributed by atoms with Crippen molar-refractivity contribution in [2.24, 2.45) is 0 Å². The summed E-state index contributed by atoms with van der Waals surface area (Å²) in [7, 11) is 1.84.